The highest BCUT2D eigenvalue weighted by Crippen LogP contribution is 2.31. The van der Waals surface area contributed by atoms with Crippen molar-refractivity contribution in [2.45, 2.75) is 23.5 Å². The Labute approximate surface area is 141 Å². The Morgan fingerprint density at radius 1 is 1.20 bits per heavy atom. The zero-order valence-corrected chi connectivity index (χ0v) is 13.7. The fourth-order valence-electron chi connectivity index (χ4n) is 2.09. The zero-order valence-electron chi connectivity index (χ0n) is 12.9. The van der Waals surface area contributed by atoms with Gasteiger partial charge in [-0.25, -0.2) is 17.5 Å². The quantitative estimate of drug-likeness (QED) is 0.784. The molecule has 0 aliphatic carbocycles. The second-order valence-electron chi connectivity index (χ2n) is 5.11. The predicted octanol–water partition coefficient (Wildman–Crippen LogP) is 3.20. The van der Waals surface area contributed by atoms with Crippen molar-refractivity contribution in [3.05, 3.63) is 54.1 Å². The number of hydrogen-bond acceptors (Lipinski definition) is 4. The molecule has 2 rings (SSSR count). The van der Waals surface area contributed by atoms with Gasteiger partial charge >= 0.3 is 6.18 Å². The van der Waals surface area contributed by atoms with Crippen molar-refractivity contribution >= 4 is 10.0 Å². The van der Waals surface area contributed by atoms with Gasteiger partial charge in [0.05, 0.1) is 25.8 Å². The standard InChI is InChI=1S/C15H14F4N2O3S/c1-24-12-4-2-10(3-5-12)14(7-15(17,18)19)21-25(22,23)13-6-11(16)8-20-9-13/h2-6,8-9,14,21H,7H2,1H3/t14-/m0/s1. The molecule has 10 heteroatoms. The third kappa shape index (κ3) is 5.40. The molecule has 1 aromatic heterocycles. The number of nitrogens with zero attached hydrogens (tertiary/aromatic N) is 1. The van der Waals surface area contributed by atoms with Gasteiger partial charge in [0, 0.05) is 6.20 Å². The summed E-state index contributed by atoms with van der Waals surface area (Å²) < 4.78 is 83.1. The highest BCUT2D eigenvalue weighted by Gasteiger charge is 2.35. The summed E-state index contributed by atoms with van der Waals surface area (Å²) in [7, 11) is -3.01. The van der Waals surface area contributed by atoms with Crippen LogP contribution in [0.15, 0.2) is 47.6 Å². The molecule has 0 unspecified atom stereocenters. The Balaban J connectivity index is 2.35. The average molecular weight is 378 g/mol. The van der Waals surface area contributed by atoms with Crippen molar-refractivity contribution in [3.8, 4) is 5.75 Å². The highest BCUT2D eigenvalue weighted by atomic mass is 32.2. The van der Waals surface area contributed by atoms with Gasteiger partial charge in [-0.3, -0.25) is 4.98 Å². The molecule has 0 fully saturated rings. The lowest BCUT2D eigenvalue weighted by Crippen LogP contribution is -2.32. The number of methoxy groups -OCH3 is 1. The first kappa shape index (κ1) is 19.1. The van der Waals surface area contributed by atoms with Gasteiger partial charge in [-0.1, -0.05) is 12.1 Å². The molecule has 2 aromatic rings. The molecule has 0 amide bonds. The fraction of sp³-hybridized carbons (Fsp3) is 0.267. The topological polar surface area (TPSA) is 68.3 Å². The van der Waals surface area contributed by atoms with Gasteiger partial charge in [0.25, 0.3) is 0 Å². The van der Waals surface area contributed by atoms with Crippen LogP contribution in [0.3, 0.4) is 0 Å². The predicted molar refractivity (Wildman–Crippen MR) is 80.9 cm³/mol. The number of nitrogens with one attached hydrogen (secondary N) is 1. The van der Waals surface area contributed by atoms with E-state index in [4.69, 9.17) is 4.74 Å². The van der Waals surface area contributed by atoms with E-state index in [1.54, 1.807) is 0 Å². The van der Waals surface area contributed by atoms with Crippen molar-refractivity contribution in [1.82, 2.24) is 9.71 Å². The van der Waals surface area contributed by atoms with Crippen molar-refractivity contribution in [2.24, 2.45) is 0 Å². The highest BCUT2D eigenvalue weighted by molar-refractivity contribution is 7.89. The molecule has 25 heavy (non-hydrogen) atoms. The number of ether oxygens (including phenoxy) is 1. The minimum Gasteiger partial charge on any atom is -0.497 e. The average Bonchev–Trinajstić information content (AvgIpc) is 2.53. The molecule has 1 heterocycles. The Bertz CT molecular complexity index is 823. The fourth-order valence-corrected chi connectivity index (χ4v) is 3.29. The minimum absolute atomic E-state index is 0.0889. The largest absolute Gasteiger partial charge is 0.497 e. The molecule has 1 atom stereocenters. The van der Waals surface area contributed by atoms with Gasteiger partial charge in [0.1, 0.15) is 16.5 Å². The van der Waals surface area contributed by atoms with Crippen molar-refractivity contribution in [1.29, 1.82) is 0 Å². The molecule has 0 bridgehead atoms. The molecule has 0 saturated carbocycles. The minimum atomic E-state index is -4.62. The maximum Gasteiger partial charge on any atom is 0.390 e. The van der Waals surface area contributed by atoms with Gasteiger partial charge in [-0.15, -0.1) is 0 Å². The van der Waals surface area contributed by atoms with E-state index in [0.29, 0.717) is 11.8 Å². The van der Waals surface area contributed by atoms with Gasteiger partial charge in [-0.05, 0) is 23.8 Å². The monoisotopic (exact) mass is 378 g/mol. The number of hydrogen-bond donors (Lipinski definition) is 1. The number of pyridine rings is 1. The van der Waals surface area contributed by atoms with Crippen LogP contribution >= 0.6 is 0 Å². The van der Waals surface area contributed by atoms with Crippen LogP contribution in [-0.2, 0) is 10.0 Å². The summed E-state index contributed by atoms with van der Waals surface area (Å²) in [6, 6.07) is 4.56. The van der Waals surface area contributed by atoms with Gasteiger partial charge in [-0.2, -0.15) is 13.2 Å². The SMILES string of the molecule is COc1ccc([C@H](CC(F)(F)F)NS(=O)(=O)c2cncc(F)c2)cc1. The van der Waals surface area contributed by atoms with Crippen LogP contribution < -0.4 is 9.46 Å². The lowest BCUT2D eigenvalue weighted by Gasteiger charge is -2.21. The second kappa shape index (κ2) is 7.36. The lowest BCUT2D eigenvalue weighted by atomic mass is 10.0. The summed E-state index contributed by atoms with van der Waals surface area (Å²) in [6.45, 7) is 0. The van der Waals surface area contributed by atoms with E-state index in [9.17, 15) is 26.0 Å². The van der Waals surface area contributed by atoms with Crippen LogP contribution in [0, 0.1) is 5.82 Å². The Morgan fingerprint density at radius 2 is 1.84 bits per heavy atom. The molecule has 1 aromatic carbocycles. The molecular weight excluding hydrogens is 364 g/mol. The van der Waals surface area contributed by atoms with E-state index in [0.717, 1.165) is 12.4 Å². The number of sulfonamides is 1. The van der Waals surface area contributed by atoms with Crippen LogP contribution in [-0.4, -0.2) is 26.7 Å². The van der Waals surface area contributed by atoms with E-state index in [1.165, 1.54) is 31.4 Å². The molecule has 0 saturated heterocycles. The van der Waals surface area contributed by atoms with E-state index in [2.05, 4.69) is 4.98 Å². The van der Waals surface area contributed by atoms with E-state index in [-0.39, 0.29) is 5.56 Å². The molecular formula is C15H14F4N2O3S. The maximum absolute atomic E-state index is 13.2. The first-order chi connectivity index (χ1) is 11.6. The Kier molecular flexibility index (Phi) is 5.63. The summed E-state index contributed by atoms with van der Waals surface area (Å²) in [5.74, 6) is -0.508. The first-order valence-electron chi connectivity index (χ1n) is 6.94. The Hall–Kier alpha value is -2.20. The van der Waals surface area contributed by atoms with Crippen molar-refractivity contribution in [3.63, 3.8) is 0 Å². The lowest BCUT2D eigenvalue weighted by molar-refractivity contribution is -0.139. The smallest absolute Gasteiger partial charge is 0.390 e. The molecule has 0 aliphatic heterocycles. The molecule has 0 radical (unpaired) electrons. The van der Waals surface area contributed by atoms with Crippen molar-refractivity contribution in [2.75, 3.05) is 7.11 Å². The van der Waals surface area contributed by atoms with Crippen LogP contribution in [0.1, 0.15) is 18.0 Å². The molecule has 1 N–H and O–H groups in total. The van der Waals surface area contributed by atoms with Gasteiger partial charge in [0.15, 0.2) is 0 Å². The number of rotatable bonds is 6. The van der Waals surface area contributed by atoms with E-state index in [1.807, 2.05) is 4.72 Å². The maximum atomic E-state index is 13.2. The van der Waals surface area contributed by atoms with Crippen LogP contribution in [0.5, 0.6) is 5.75 Å². The second-order valence-corrected chi connectivity index (χ2v) is 6.82. The summed E-state index contributed by atoms with van der Waals surface area (Å²) >= 11 is 0. The third-order valence-electron chi connectivity index (χ3n) is 3.24. The van der Waals surface area contributed by atoms with Crippen LogP contribution in [0.2, 0.25) is 0 Å². The van der Waals surface area contributed by atoms with Crippen LogP contribution in [0.4, 0.5) is 17.6 Å². The Morgan fingerprint density at radius 3 is 2.36 bits per heavy atom. The summed E-state index contributed by atoms with van der Waals surface area (Å²) in [5.41, 5.74) is 0.0889. The summed E-state index contributed by atoms with van der Waals surface area (Å²) in [5, 5.41) is 0. The zero-order chi connectivity index (χ0) is 18.7. The molecule has 136 valence electrons. The van der Waals surface area contributed by atoms with E-state index >= 15 is 0 Å². The van der Waals surface area contributed by atoms with Crippen LogP contribution in [0.25, 0.3) is 0 Å². The number of alkyl halides is 3. The van der Waals surface area contributed by atoms with Gasteiger partial charge < -0.3 is 4.74 Å². The van der Waals surface area contributed by atoms with Gasteiger partial charge in [0.2, 0.25) is 10.0 Å². The van der Waals surface area contributed by atoms with E-state index < -0.39 is 39.4 Å². The third-order valence-corrected chi connectivity index (χ3v) is 4.68. The van der Waals surface area contributed by atoms with Crippen molar-refractivity contribution < 1.29 is 30.7 Å². The number of benzene rings is 1. The summed E-state index contributed by atoms with van der Waals surface area (Å²) in [4.78, 5) is 2.83. The normalized spacial score (nSPS) is 13.5. The summed E-state index contributed by atoms with van der Waals surface area (Å²) in [6.07, 6.45) is -4.41. The molecule has 0 spiro atoms. The molecule has 0 aliphatic rings. The number of aromatic nitrogens is 1. The molecule has 5 nitrogen and oxygen atoms in total. The number of halogens is 4. The first-order valence-corrected chi connectivity index (χ1v) is 8.42.